The topological polar surface area (TPSA) is 63.8 Å². The van der Waals surface area contributed by atoms with Crippen molar-refractivity contribution in [3.8, 4) is 0 Å². The second-order valence-electron chi connectivity index (χ2n) is 3.24. The highest BCUT2D eigenvalue weighted by Gasteiger charge is 2.03. The third-order valence-corrected chi connectivity index (χ3v) is 2.77. The van der Waals surface area contributed by atoms with Gasteiger partial charge in [0.2, 0.25) is 0 Å². The molecule has 0 aliphatic rings. The highest BCUT2D eigenvalue weighted by atomic mass is 32.1. The van der Waals surface area contributed by atoms with Crippen LogP contribution in [0.15, 0.2) is 11.6 Å². The smallest absolute Gasteiger partial charge is 0.0898 e. The summed E-state index contributed by atoms with van der Waals surface area (Å²) in [5.41, 5.74) is 1.81. The molecule has 0 saturated carbocycles. The number of aliphatic hydroxyl groups excluding tert-OH is 1. The number of hydrogen-bond donors (Lipinski definition) is 1. The van der Waals surface area contributed by atoms with E-state index in [0.29, 0.717) is 13.0 Å². The van der Waals surface area contributed by atoms with E-state index in [2.05, 4.69) is 15.3 Å². The first-order chi connectivity index (χ1) is 7.28. The first-order valence-electron chi connectivity index (χ1n) is 4.69. The molecule has 0 aliphatic carbocycles. The lowest BCUT2D eigenvalue weighted by Crippen LogP contribution is -2.00. The van der Waals surface area contributed by atoms with E-state index in [1.54, 1.807) is 16.0 Å². The Morgan fingerprint density at radius 1 is 1.47 bits per heavy atom. The molecule has 0 saturated heterocycles. The van der Waals surface area contributed by atoms with Crippen molar-refractivity contribution >= 4 is 11.3 Å². The van der Waals surface area contributed by atoms with Crippen LogP contribution in [0.25, 0.3) is 0 Å². The number of aliphatic hydroxyl groups is 1. The van der Waals surface area contributed by atoms with Crippen molar-refractivity contribution in [2.24, 2.45) is 0 Å². The molecule has 0 bridgehead atoms. The molecular formula is C9H12N4OS. The second kappa shape index (κ2) is 4.50. The van der Waals surface area contributed by atoms with Crippen LogP contribution in [0.2, 0.25) is 0 Å². The Bertz CT molecular complexity index is 437. The average Bonchev–Trinajstić information content (AvgIpc) is 2.78. The Balaban J connectivity index is 2.04. The van der Waals surface area contributed by atoms with Gasteiger partial charge in [-0.1, -0.05) is 5.21 Å². The van der Waals surface area contributed by atoms with E-state index in [0.717, 1.165) is 16.4 Å². The summed E-state index contributed by atoms with van der Waals surface area (Å²) >= 11 is 1.63. The van der Waals surface area contributed by atoms with Gasteiger partial charge in [0, 0.05) is 24.6 Å². The first kappa shape index (κ1) is 10.3. The van der Waals surface area contributed by atoms with E-state index in [4.69, 9.17) is 5.11 Å². The number of thiazole rings is 1. The van der Waals surface area contributed by atoms with E-state index in [9.17, 15) is 0 Å². The SMILES string of the molecule is Cc1nc(Cn2cc(CCO)nn2)cs1. The number of hydrogen-bond acceptors (Lipinski definition) is 5. The van der Waals surface area contributed by atoms with Crippen molar-refractivity contribution < 1.29 is 5.11 Å². The lowest BCUT2D eigenvalue weighted by atomic mass is 10.3. The van der Waals surface area contributed by atoms with Gasteiger partial charge in [-0.05, 0) is 6.92 Å². The number of aryl methyl sites for hydroxylation is 1. The fourth-order valence-corrected chi connectivity index (χ4v) is 1.90. The molecule has 2 rings (SSSR count). The van der Waals surface area contributed by atoms with Gasteiger partial charge < -0.3 is 5.11 Å². The lowest BCUT2D eigenvalue weighted by molar-refractivity contribution is 0.298. The molecule has 6 heteroatoms. The molecule has 0 spiro atoms. The zero-order chi connectivity index (χ0) is 10.7. The molecule has 0 fully saturated rings. The van der Waals surface area contributed by atoms with Gasteiger partial charge in [0.1, 0.15) is 0 Å². The highest BCUT2D eigenvalue weighted by Crippen LogP contribution is 2.09. The normalized spacial score (nSPS) is 10.8. The van der Waals surface area contributed by atoms with Gasteiger partial charge >= 0.3 is 0 Å². The molecule has 1 N–H and O–H groups in total. The van der Waals surface area contributed by atoms with Crippen molar-refractivity contribution in [2.75, 3.05) is 6.61 Å². The summed E-state index contributed by atoms with van der Waals surface area (Å²) in [7, 11) is 0. The predicted molar refractivity (Wildman–Crippen MR) is 56.8 cm³/mol. The van der Waals surface area contributed by atoms with E-state index in [1.165, 1.54) is 0 Å². The summed E-state index contributed by atoms with van der Waals surface area (Å²) < 4.78 is 1.74. The Hall–Kier alpha value is -1.27. The fraction of sp³-hybridized carbons (Fsp3) is 0.444. The molecule has 15 heavy (non-hydrogen) atoms. The van der Waals surface area contributed by atoms with E-state index < -0.39 is 0 Å². The fourth-order valence-electron chi connectivity index (χ4n) is 1.29. The van der Waals surface area contributed by atoms with Crippen LogP contribution in [0.5, 0.6) is 0 Å². The van der Waals surface area contributed by atoms with Crippen molar-refractivity contribution in [1.82, 2.24) is 20.0 Å². The average molecular weight is 224 g/mol. The summed E-state index contributed by atoms with van der Waals surface area (Å²) in [6, 6.07) is 0. The lowest BCUT2D eigenvalue weighted by Gasteiger charge is -1.94. The van der Waals surface area contributed by atoms with Crippen LogP contribution in [0.3, 0.4) is 0 Å². The van der Waals surface area contributed by atoms with Gasteiger partial charge in [-0.3, -0.25) is 0 Å². The third kappa shape index (κ3) is 2.60. The van der Waals surface area contributed by atoms with Crippen LogP contribution in [0, 0.1) is 6.92 Å². The van der Waals surface area contributed by atoms with Crippen LogP contribution in [-0.4, -0.2) is 31.7 Å². The van der Waals surface area contributed by atoms with Crippen molar-refractivity contribution in [3.05, 3.63) is 28.0 Å². The van der Waals surface area contributed by atoms with Crippen LogP contribution >= 0.6 is 11.3 Å². The first-order valence-corrected chi connectivity index (χ1v) is 5.57. The maximum absolute atomic E-state index is 8.73. The molecule has 5 nitrogen and oxygen atoms in total. The molecule has 0 aromatic carbocycles. The van der Waals surface area contributed by atoms with Crippen LogP contribution in [0.4, 0.5) is 0 Å². The van der Waals surface area contributed by atoms with Gasteiger partial charge in [0.15, 0.2) is 0 Å². The Kier molecular flexibility index (Phi) is 3.08. The summed E-state index contributed by atoms with van der Waals surface area (Å²) in [6.45, 7) is 2.73. The zero-order valence-corrected chi connectivity index (χ0v) is 9.24. The Morgan fingerprint density at radius 2 is 2.33 bits per heavy atom. The minimum Gasteiger partial charge on any atom is -0.396 e. The quantitative estimate of drug-likeness (QED) is 0.827. The van der Waals surface area contributed by atoms with E-state index in [-0.39, 0.29) is 6.61 Å². The molecule has 0 aliphatic heterocycles. The minimum atomic E-state index is 0.106. The van der Waals surface area contributed by atoms with Crippen LogP contribution < -0.4 is 0 Å². The van der Waals surface area contributed by atoms with Crippen molar-refractivity contribution in [1.29, 1.82) is 0 Å². The largest absolute Gasteiger partial charge is 0.396 e. The maximum atomic E-state index is 8.73. The molecular weight excluding hydrogens is 212 g/mol. The minimum absolute atomic E-state index is 0.106. The van der Waals surface area contributed by atoms with Crippen LogP contribution in [-0.2, 0) is 13.0 Å². The number of rotatable bonds is 4. The summed E-state index contributed by atoms with van der Waals surface area (Å²) in [5, 5.41) is 19.7. The van der Waals surface area contributed by atoms with Crippen molar-refractivity contribution in [3.63, 3.8) is 0 Å². The summed E-state index contributed by atoms with van der Waals surface area (Å²) in [6.07, 6.45) is 2.39. The van der Waals surface area contributed by atoms with Gasteiger partial charge in [-0.15, -0.1) is 16.4 Å². The van der Waals surface area contributed by atoms with Crippen molar-refractivity contribution in [2.45, 2.75) is 19.9 Å². The molecule has 0 radical (unpaired) electrons. The van der Waals surface area contributed by atoms with E-state index >= 15 is 0 Å². The standard InChI is InChI=1S/C9H12N4OS/c1-7-10-9(6-15-7)5-13-4-8(2-3-14)11-12-13/h4,6,14H,2-3,5H2,1H3. The monoisotopic (exact) mass is 224 g/mol. The third-order valence-electron chi connectivity index (χ3n) is 1.94. The summed E-state index contributed by atoms with van der Waals surface area (Å²) in [5.74, 6) is 0. The summed E-state index contributed by atoms with van der Waals surface area (Å²) in [4.78, 5) is 4.34. The molecule has 80 valence electrons. The van der Waals surface area contributed by atoms with E-state index in [1.807, 2.05) is 18.5 Å². The van der Waals surface area contributed by atoms with Gasteiger partial charge in [-0.25, -0.2) is 9.67 Å². The molecule has 0 atom stereocenters. The second-order valence-corrected chi connectivity index (χ2v) is 4.30. The molecule has 2 heterocycles. The van der Waals surface area contributed by atoms with Gasteiger partial charge in [0.05, 0.1) is 22.9 Å². The zero-order valence-electron chi connectivity index (χ0n) is 8.42. The Morgan fingerprint density at radius 3 is 3.00 bits per heavy atom. The highest BCUT2D eigenvalue weighted by molar-refractivity contribution is 7.09. The van der Waals surface area contributed by atoms with Crippen LogP contribution in [0.1, 0.15) is 16.4 Å². The molecule has 2 aromatic heterocycles. The Labute approximate surface area is 91.4 Å². The number of aromatic nitrogens is 4. The molecule has 0 amide bonds. The van der Waals surface area contributed by atoms with Gasteiger partial charge in [0.25, 0.3) is 0 Å². The van der Waals surface area contributed by atoms with Gasteiger partial charge in [-0.2, -0.15) is 0 Å². The predicted octanol–water partition coefficient (Wildman–Crippen LogP) is 0.626. The molecule has 2 aromatic rings. The maximum Gasteiger partial charge on any atom is 0.0898 e. The molecule has 0 unspecified atom stereocenters. The number of nitrogens with zero attached hydrogens (tertiary/aromatic N) is 4.